The molecule has 0 bridgehead atoms. The van der Waals surface area contributed by atoms with Gasteiger partial charge in [0.25, 0.3) is 0 Å². The van der Waals surface area contributed by atoms with Crippen LogP contribution in [0.2, 0.25) is 0 Å². The lowest BCUT2D eigenvalue weighted by Gasteiger charge is -2.38. The van der Waals surface area contributed by atoms with Gasteiger partial charge in [0.1, 0.15) is 18.5 Å². The molecule has 0 heterocycles. The van der Waals surface area contributed by atoms with E-state index in [1.165, 1.54) is 33.4 Å². The number of carbonyl (C=O) groups excluding carboxylic acids is 1. The van der Waals surface area contributed by atoms with Gasteiger partial charge in [0.2, 0.25) is 0 Å². The molecule has 4 aromatic rings. The molecule has 1 fully saturated rings. The summed E-state index contributed by atoms with van der Waals surface area (Å²) in [6.07, 6.45) is 8.51. The van der Waals surface area contributed by atoms with Gasteiger partial charge in [-0.3, -0.25) is 0 Å². The molecule has 4 aromatic carbocycles. The normalized spacial score (nSPS) is 14.2. The Balaban J connectivity index is 1.31. The van der Waals surface area contributed by atoms with E-state index in [9.17, 15) is 4.79 Å². The van der Waals surface area contributed by atoms with Crippen molar-refractivity contribution in [3.63, 3.8) is 0 Å². The second-order valence-corrected chi connectivity index (χ2v) is 17.5. The lowest BCUT2D eigenvalue weighted by atomic mass is 9.64. The number of hydrogen-bond donors (Lipinski definition) is 0. The smallest absolute Gasteiger partial charge is 0.344 e. The van der Waals surface area contributed by atoms with Gasteiger partial charge < -0.3 is 23.7 Å². The Bertz CT molecular complexity index is 1640. The molecule has 1 aliphatic rings. The van der Waals surface area contributed by atoms with Gasteiger partial charge in [0, 0.05) is 12.8 Å². The van der Waals surface area contributed by atoms with Gasteiger partial charge in [-0.2, -0.15) is 0 Å². The lowest BCUT2D eigenvalue weighted by molar-refractivity contribution is -0.147. The molecule has 0 amide bonds. The zero-order chi connectivity index (χ0) is 40.4. The van der Waals surface area contributed by atoms with Gasteiger partial charge >= 0.3 is 5.97 Å². The summed E-state index contributed by atoms with van der Waals surface area (Å²) < 4.78 is 27.9. The standard InChI is InChI=1S/C50H61O6/c1-47(2,3)37-14-20-40(21-15-37)50(41-22-16-38(17-23-41)48(4,5)6,42-24-18-39(19-25-42)49(7,8)9)43-26-28-45(29-27-43)56-36-46(51)55-35-33-53-31-30-52-32-34-54-44-12-10-11-13-44/h10-29H,30-36H2,1-9H3. The first-order valence-electron chi connectivity index (χ1n) is 19.8. The topological polar surface area (TPSA) is 63.2 Å². The van der Waals surface area contributed by atoms with E-state index in [1.54, 1.807) is 0 Å². The van der Waals surface area contributed by atoms with Crippen molar-refractivity contribution < 1.29 is 28.5 Å². The fourth-order valence-corrected chi connectivity index (χ4v) is 6.85. The molecule has 5 radical (unpaired) electrons. The quantitative estimate of drug-likeness (QED) is 0.0607. The van der Waals surface area contributed by atoms with E-state index in [-0.39, 0.29) is 36.1 Å². The van der Waals surface area contributed by atoms with Gasteiger partial charge in [-0.05, 0) is 80.2 Å². The summed E-state index contributed by atoms with van der Waals surface area (Å²) >= 11 is 0. The zero-order valence-electron chi connectivity index (χ0n) is 34.9. The van der Waals surface area contributed by atoms with Crippen LogP contribution in [0.25, 0.3) is 0 Å². The number of esters is 1. The SMILES string of the molecule is CC(C)(C)c1ccc(C(c2ccc(OCC(=O)OCCOCCOCCO[C]3[CH][CH][CH][CH]3)cc2)(c2ccc(C(C)(C)C)cc2)c2ccc(C(C)(C)C)cc2)cc1. The summed E-state index contributed by atoms with van der Waals surface area (Å²) in [5.74, 6) is 0.134. The van der Waals surface area contributed by atoms with Crippen LogP contribution in [-0.4, -0.2) is 52.2 Å². The van der Waals surface area contributed by atoms with Crippen LogP contribution in [0.4, 0.5) is 0 Å². The van der Waals surface area contributed by atoms with E-state index < -0.39 is 11.4 Å². The van der Waals surface area contributed by atoms with Crippen LogP contribution in [0.15, 0.2) is 97.1 Å². The summed E-state index contributed by atoms with van der Waals surface area (Å²) in [4.78, 5) is 12.6. The molecule has 0 atom stereocenters. The average molecular weight is 758 g/mol. The van der Waals surface area contributed by atoms with Gasteiger partial charge in [-0.15, -0.1) is 0 Å². The highest BCUT2D eigenvalue weighted by Crippen LogP contribution is 2.47. The summed E-state index contributed by atoms with van der Waals surface area (Å²) in [6, 6.07) is 35.5. The largest absolute Gasteiger partial charge is 0.482 e. The molecule has 0 saturated heterocycles. The molecule has 0 spiro atoms. The molecule has 1 saturated carbocycles. The van der Waals surface area contributed by atoms with Crippen LogP contribution < -0.4 is 4.74 Å². The minimum absolute atomic E-state index is 0.0199. The highest BCUT2D eigenvalue weighted by Gasteiger charge is 2.39. The third-order valence-corrected chi connectivity index (χ3v) is 10.2. The van der Waals surface area contributed by atoms with E-state index in [1.807, 2.05) is 37.8 Å². The van der Waals surface area contributed by atoms with Crippen molar-refractivity contribution in [2.45, 2.75) is 84.0 Å². The Morgan fingerprint density at radius 2 is 0.768 bits per heavy atom. The van der Waals surface area contributed by atoms with E-state index in [2.05, 4.69) is 147 Å². The van der Waals surface area contributed by atoms with Gasteiger partial charge in [0.15, 0.2) is 6.61 Å². The van der Waals surface area contributed by atoms with Crippen molar-refractivity contribution in [3.8, 4) is 5.75 Å². The van der Waals surface area contributed by atoms with Crippen molar-refractivity contribution in [2.24, 2.45) is 0 Å². The van der Waals surface area contributed by atoms with Crippen molar-refractivity contribution >= 4 is 5.97 Å². The van der Waals surface area contributed by atoms with Crippen LogP contribution in [0.1, 0.15) is 101 Å². The molecule has 0 aromatic heterocycles. The Morgan fingerprint density at radius 1 is 0.429 bits per heavy atom. The van der Waals surface area contributed by atoms with Crippen LogP contribution >= 0.6 is 0 Å². The number of ether oxygens (including phenoxy) is 5. The van der Waals surface area contributed by atoms with Gasteiger partial charge in [0.05, 0.1) is 38.4 Å². The highest BCUT2D eigenvalue weighted by molar-refractivity contribution is 5.71. The predicted octanol–water partition coefficient (Wildman–Crippen LogP) is 10.3. The molecule has 6 nitrogen and oxygen atoms in total. The van der Waals surface area contributed by atoms with Crippen molar-refractivity contribution in [1.29, 1.82) is 0 Å². The first-order chi connectivity index (χ1) is 26.6. The first kappa shape index (κ1) is 43.2. The fourth-order valence-electron chi connectivity index (χ4n) is 6.85. The van der Waals surface area contributed by atoms with E-state index in [0.29, 0.717) is 32.2 Å². The Labute approximate surface area is 337 Å². The third kappa shape index (κ3) is 11.3. The fraction of sp³-hybridized carbons (Fsp3) is 0.400. The van der Waals surface area contributed by atoms with Crippen molar-refractivity contribution in [1.82, 2.24) is 0 Å². The maximum atomic E-state index is 12.6. The summed E-state index contributed by atoms with van der Waals surface area (Å²) in [7, 11) is 0. The second kappa shape index (κ2) is 19.0. The molecule has 6 heteroatoms. The first-order valence-corrected chi connectivity index (χ1v) is 19.8. The van der Waals surface area contributed by atoms with Crippen LogP contribution in [0.5, 0.6) is 5.75 Å². The molecule has 0 N–H and O–H groups in total. The van der Waals surface area contributed by atoms with E-state index in [0.717, 1.165) is 11.7 Å². The Hall–Kier alpha value is -3.97. The summed E-state index contributed by atoms with van der Waals surface area (Å²) in [5.41, 5.74) is 7.88. The minimum Gasteiger partial charge on any atom is -0.482 e. The Kier molecular flexibility index (Phi) is 14.6. The molecule has 0 aliphatic heterocycles. The maximum absolute atomic E-state index is 12.6. The number of rotatable bonds is 17. The average Bonchev–Trinajstić information content (AvgIpc) is 3.69. The molecule has 56 heavy (non-hydrogen) atoms. The van der Waals surface area contributed by atoms with Crippen molar-refractivity contribution in [3.05, 3.63) is 168 Å². The molecule has 1 aliphatic carbocycles. The Morgan fingerprint density at radius 3 is 1.16 bits per heavy atom. The molecule has 5 rings (SSSR count). The number of carbonyl (C=O) groups is 1. The number of benzene rings is 4. The van der Waals surface area contributed by atoms with E-state index >= 15 is 0 Å². The zero-order valence-corrected chi connectivity index (χ0v) is 34.9. The van der Waals surface area contributed by atoms with Gasteiger partial charge in [-0.25, -0.2) is 4.79 Å². The summed E-state index contributed by atoms with van der Waals surface area (Å²) in [5, 5.41) is 0. The van der Waals surface area contributed by atoms with Crippen molar-refractivity contribution in [2.75, 3.05) is 46.2 Å². The molecule has 0 unspecified atom stereocenters. The monoisotopic (exact) mass is 757 g/mol. The predicted molar refractivity (Wildman–Crippen MR) is 225 cm³/mol. The lowest BCUT2D eigenvalue weighted by Crippen LogP contribution is -2.31. The number of hydrogen-bond acceptors (Lipinski definition) is 6. The maximum Gasteiger partial charge on any atom is 0.344 e. The van der Waals surface area contributed by atoms with Crippen LogP contribution in [0, 0.1) is 31.8 Å². The summed E-state index contributed by atoms with van der Waals surface area (Å²) in [6.45, 7) is 22.2. The third-order valence-electron chi connectivity index (χ3n) is 10.2. The van der Waals surface area contributed by atoms with Crippen LogP contribution in [-0.2, 0) is 45.4 Å². The van der Waals surface area contributed by atoms with Crippen LogP contribution in [0.3, 0.4) is 0 Å². The molecule has 297 valence electrons. The van der Waals surface area contributed by atoms with Gasteiger partial charge in [-0.1, -0.05) is 147 Å². The molecular weight excluding hydrogens is 697 g/mol. The molecular formula is C50H61O6. The highest BCUT2D eigenvalue weighted by atomic mass is 16.6. The minimum atomic E-state index is -0.636. The van der Waals surface area contributed by atoms with E-state index in [4.69, 9.17) is 23.7 Å². The second-order valence-electron chi connectivity index (χ2n) is 17.5.